The minimum absolute atomic E-state index is 0.0431. The number of rotatable bonds is 8. The summed E-state index contributed by atoms with van der Waals surface area (Å²) in [4.78, 5) is 27.7. The quantitative estimate of drug-likeness (QED) is 0.275. The average molecular weight is 468 g/mol. The Morgan fingerprint density at radius 2 is 1.85 bits per heavy atom. The zero-order valence-electron chi connectivity index (χ0n) is 19.8. The maximum Gasteiger partial charge on any atom is 0.295 e. The predicted molar refractivity (Wildman–Crippen MR) is 125 cm³/mol. The normalized spacial score (nSPS) is 20.9. The van der Waals surface area contributed by atoms with Crippen LogP contribution in [0.3, 0.4) is 0 Å². The van der Waals surface area contributed by atoms with Crippen molar-refractivity contribution in [2.24, 2.45) is 0 Å². The molecule has 1 fully saturated rings. The number of carbonyl (C=O) groups excluding carboxylic acids is 2. The summed E-state index contributed by atoms with van der Waals surface area (Å²) in [5.74, 6) is 0.159. The van der Waals surface area contributed by atoms with Gasteiger partial charge in [0, 0.05) is 32.2 Å². The van der Waals surface area contributed by atoms with E-state index in [1.54, 1.807) is 37.4 Å². The molecule has 0 radical (unpaired) electrons. The Morgan fingerprint density at radius 1 is 1.09 bits per heavy atom. The Labute approximate surface area is 198 Å². The molecule has 2 atom stereocenters. The lowest BCUT2D eigenvalue weighted by atomic mass is 9.94. The molecule has 2 aliphatic heterocycles. The number of methoxy groups -OCH3 is 3. The van der Waals surface area contributed by atoms with E-state index in [0.717, 1.165) is 11.3 Å². The van der Waals surface area contributed by atoms with Crippen LogP contribution in [0.25, 0.3) is 5.76 Å². The predicted octanol–water partition coefficient (Wildman–Crippen LogP) is 3.49. The molecule has 2 heterocycles. The topological polar surface area (TPSA) is 94.5 Å². The van der Waals surface area contributed by atoms with E-state index in [4.69, 9.17) is 18.9 Å². The number of likely N-dealkylation sites (tertiary alicyclic amines) is 1. The van der Waals surface area contributed by atoms with Crippen molar-refractivity contribution in [3.8, 4) is 17.2 Å². The zero-order valence-corrected chi connectivity index (χ0v) is 19.8. The van der Waals surface area contributed by atoms with Crippen molar-refractivity contribution in [3.05, 3.63) is 58.7 Å². The molecule has 1 saturated heterocycles. The van der Waals surface area contributed by atoms with Crippen molar-refractivity contribution in [2.45, 2.75) is 31.9 Å². The van der Waals surface area contributed by atoms with Gasteiger partial charge in [0.25, 0.3) is 11.7 Å². The molecule has 0 aromatic heterocycles. The number of aliphatic hydroxyl groups excluding tert-OH is 1. The van der Waals surface area contributed by atoms with Gasteiger partial charge < -0.3 is 29.0 Å². The van der Waals surface area contributed by atoms with Crippen LogP contribution in [-0.2, 0) is 20.7 Å². The number of aliphatic hydroxyl groups is 1. The molecule has 4 rings (SSSR count). The van der Waals surface area contributed by atoms with Gasteiger partial charge in [-0.15, -0.1) is 0 Å². The Bertz CT molecular complexity index is 1140. The third-order valence-corrected chi connectivity index (χ3v) is 6.18. The van der Waals surface area contributed by atoms with Crippen molar-refractivity contribution >= 4 is 17.4 Å². The second kappa shape index (κ2) is 9.77. The molecule has 2 aromatic rings. The van der Waals surface area contributed by atoms with Crippen LogP contribution in [0.15, 0.2) is 42.0 Å². The molecule has 1 N–H and O–H groups in total. The van der Waals surface area contributed by atoms with Crippen LogP contribution in [0.2, 0.25) is 0 Å². The Hall–Kier alpha value is -3.52. The lowest BCUT2D eigenvalue weighted by Gasteiger charge is -2.26. The SMILES string of the molecule is COCCCN1C(=O)C(=O)/C(=C(/O)c2ccc3c(c2)CC(C)O3)C1c1ccc(OC)c(OC)c1. The molecule has 34 heavy (non-hydrogen) atoms. The highest BCUT2D eigenvalue weighted by atomic mass is 16.5. The second-order valence-corrected chi connectivity index (χ2v) is 8.41. The van der Waals surface area contributed by atoms with E-state index in [1.807, 2.05) is 13.0 Å². The summed E-state index contributed by atoms with van der Waals surface area (Å²) in [5, 5.41) is 11.3. The fourth-order valence-electron chi connectivity index (χ4n) is 4.58. The highest BCUT2D eigenvalue weighted by Crippen LogP contribution is 2.42. The molecule has 180 valence electrons. The zero-order chi connectivity index (χ0) is 24.4. The minimum Gasteiger partial charge on any atom is -0.507 e. The highest BCUT2D eigenvalue weighted by molar-refractivity contribution is 6.46. The number of Topliss-reactive ketones (excluding diaryl/α,β-unsaturated/α-hetero) is 1. The third-order valence-electron chi connectivity index (χ3n) is 6.18. The molecular formula is C26H29NO7. The van der Waals surface area contributed by atoms with E-state index in [2.05, 4.69) is 0 Å². The van der Waals surface area contributed by atoms with Crippen LogP contribution >= 0.6 is 0 Å². The first-order valence-electron chi connectivity index (χ1n) is 11.2. The molecular weight excluding hydrogens is 438 g/mol. The fourth-order valence-corrected chi connectivity index (χ4v) is 4.58. The van der Waals surface area contributed by atoms with Crippen LogP contribution in [0, 0.1) is 0 Å². The van der Waals surface area contributed by atoms with Crippen LogP contribution in [-0.4, -0.2) is 62.3 Å². The molecule has 1 amide bonds. The van der Waals surface area contributed by atoms with Crippen LogP contribution in [0.5, 0.6) is 17.2 Å². The van der Waals surface area contributed by atoms with Gasteiger partial charge in [-0.3, -0.25) is 9.59 Å². The first kappa shape index (κ1) is 23.6. The van der Waals surface area contributed by atoms with Gasteiger partial charge >= 0.3 is 0 Å². The standard InChI is InChI=1S/C26H29NO7/c1-15-12-18-13-17(7-8-19(18)34-15)24(28)22-23(16-6-9-20(32-3)21(14-16)33-4)27(10-5-11-31-2)26(30)25(22)29/h6-9,13-15,23,28H,5,10-12H2,1-4H3/b24-22+. The smallest absolute Gasteiger partial charge is 0.295 e. The Morgan fingerprint density at radius 3 is 2.56 bits per heavy atom. The van der Waals surface area contributed by atoms with Crippen LogP contribution < -0.4 is 14.2 Å². The van der Waals surface area contributed by atoms with Crippen molar-refractivity contribution in [2.75, 3.05) is 34.5 Å². The lowest BCUT2D eigenvalue weighted by Crippen LogP contribution is -2.31. The van der Waals surface area contributed by atoms with E-state index < -0.39 is 17.7 Å². The van der Waals surface area contributed by atoms with Gasteiger partial charge in [0.15, 0.2) is 11.5 Å². The molecule has 2 unspecified atom stereocenters. The van der Waals surface area contributed by atoms with Crippen molar-refractivity contribution in [3.63, 3.8) is 0 Å². The largest absolute Gasteiger partial charge is 0.507 e. The minimum atomic E-state index is -0.778. The van der Waals surface area contributed by atoms with Crippen molar-refractivity contribution in [1.29, 1.82) is 0 Å². The van der Waals surface area contributed by atoms with Gasteiger partial charge in [-0.05, 0) is 54.8 Å². The van der Waals surface area contributed by atoms with E-state index in [9.17, 15) is 14.7 Å². The maximum atomic E-state index is 13.2. The van der Waals surface area contributed by atoms with Gasteiger partial charge in [0.1, 0.15) is 17.6 Å². The highest BCUT2D eigenvalue weighted by Gasteiger charge is 2.46. The summed E-state index contributed by atoms with van der Waals surface area (Å²) in [6, 6.07) is 9.75. The molecule has 2 aromatic carbocycles. The van der Waals surface area contributed by atoms with Crippen LogP contribution in [0.4, 0.5) is 0 Å². The molecule has 8 nitrogen and oxygen atoms in total. The van der Waals surface area contributed by atoms with Gasteiger partial charge in [0.2, 0.25) is 0 Å². The van der Waals surface area contributed by atoms with E-state index in [0.29, 0.717) is 48.6 Å². The Kier molecular flexibility index (Phi) is 6.79. The number of ketones is 1. The number of ether oxygens (including phenoxy) is 4. The summed E-state index contributed by atoms with van der Waals surface area (Å²) in [5.41, 5.74) is 2.10. The number of hydrogen-bond donors (Lipinski definition) is 1. The maximum absolute atomic E-state index is 13.2. The number of hydrogen-bond acceptors (Lipinski definition) is 7. The lowest BCUT2D eigenvalue weighted by molar-refractivity contribution is -0.140. The number of fused-ring (bicyclic) bond motifs is 1. The number of amides is 1. The van der Waals surface area contributed by atoms with Gasteiger partial charge in [0.05, 0.1) is 25.8 Å². The number of benzene rings is 2. The molecule has 0 aliphatic carbocycles. The summed E-state index contributed by atoms with van der Waals surface area (Å²) in [7, 11) is 4.63. The fraction of sp³-hybridized carbons (Fsp3) is 0.385. The van der Waals surface area contributed by atoms with Gasteiger partial charge in [-0.2, -0.15) is 0 Å². The molecule has 0 bridgehead atoms. The summed E-state index contributed by atoms with van der Waals surface area (Å²) < 4.78 is 21.7. The van der Waals surface area contributed by atoms with Crippen LogP contribution in [0.1, 0.15) is 36.1 Å². The monoisotopic (exact) mass is 467 g/mol. The number of nitrogens with zero attached hydrogens (tertiary/aromatic N) is 1. The van der Waals surface area contributed by atoms with Crippen molar-refractivity contribution < 1.29 is 33.6 Å². The summed E-state index contributed by atoms with van der Waals surface area (Å²) in [6.45, 7) is 2.70. The van der Waals surface area contributed by atoms with E-state index in [1.165, 1.54) is 19.1 Å². The second-order valence-electron chi connectivity index (χ2n) is 8.41. The molecule has 8 heteroatoms. The molecule has 0 saturated carbocycles. The van der Waals surface area contributed by atoms with E-state index in [-0.39, 0.29) is 17.4 Å². The molecule has 2 aliphatic rings. The average Bonchev–Trinajstić information content (AvgIpc) is 3.34. The summed E-state index contributed by atoms with van der Waals surface area (Å²) >= 11 is 0. The van der Waals surface area contributed by atoms with E-state index >= 15 is 0 Å². The first-order valence-corrected chi connectivity index (χ1v) is 11.2. The first-order chi connectivity index (χ1) is 16.4. The van der Waals surface area contributed by atoms with Gasteiger partial charge in [-0.25, -0.2) is 0 Å². The molecule has 0 spiro atoms. The number of carbonyl (C=O) groups is 2. The Balaban J connectivity index is 1.83. The van der Waals surface area contributed by atoms with Gasteiger partial charge in [-0.1, -0.05) is 6.07 Å². The third kappa shape index (κ3) is 4.21. The van der Waals surface area contributed by atoms with Crippen molar-refractivity contribution in [1.82, 2.24) is 4.90 Å². The summed E-state index contributed by atoms with van der Waals surface area (Å²) in [6.07, 6.45) is 1.30.